The molecule has 0 saturated carbocycles. The normalized spacial score (nSPS) is 16.0. The maximum Gasteiger partial charge on any atom is 0.251 e. The molecule has 1 aliphatic rings. The largest absolute Gasteiger partial charge is 0.378 e. The highest BCUT2D eigenvalue weighted by molar-refractivity contribution is 5.93. The number of carbonyl (C=O) groups is 3. The summed E-state index contributed by atoms with van der Waals surface area (Å²) >= 11 is 0. The average Bonchev–Trinajstić information content (AvgIpc) is 2.91. The zero-order valence-electron chi connectivity index (χ0n) is 15.3. The Labute approximate surface area is 149 Å². The summed E-state index contributed by atoms with van der Waals surface area (Å²) in [5.41, 5.74) is 0.604. The van der Waals surface area contributed by atoms with Crippen LogP contribution in [-0.4, -0.2) is 55.5 Å². The highest BCUT2D eigenvalue weighted by atomic mass is 16.5. The fraction of sp³-hybridized carbons (Fsp3) is 0.611. The fourth-order valence-electron chi connectivity index (χ4n) is 2.18. The summed E-state index contributed by atoms with van der Waals surface area (Å²) in [6.07, 6.45) is 3.89. The quantitative estimate of drug-likeness (QED) is 0.540. The predicted octanol–water partition coefficient (Wildman–Crippen LogP) is 0.830. The summed E-state index contributed by atoms with van der Waals surface area (Å²) in [5, 5.41) is 5.57. The first-order valence-corrected chi connectivity index (χ1v) is 8.68. The molecule has 0 fully saturated rings. The fourth-order valence-corrected chi connectivity index (χ4v) is 2.18. The van der Waals surface area contributed by atoms with Crippen molar-refractivity contribution in [3.8, 4) is 0 Å². The minimum Gasteiger partial charge on any atom is -0.378 e. The Morgan fingerprint density at radius 2 is 1.68 bits per heavy atom. The topological polar surface area (TPSA) is 87.7 Å². The molecule has 2 atom stereocenters. The van der Waals surface area contributed by atoms with Gasteiger partial charge in [0.1, 0.15) is 0 Å². The summed E-state index contributed by atoms with van der Waals surface area (Å²) in [7, 11) is 0. The lowest BCUT2D eigenvalue weighted by molar-refractivity contribution is -0.127. The predicted molar refractivity (Wildman–Crippen MR) is 95.5 cm³/mol. The van der Waals surface area contributed by atoms with Gasteiger partial charge >= 0.3 is 0 Å². The lowest BCUT2D eigenvalue weighted by Gasteiger charge is -2.21. The Morgan fingerprint density at radius 1 is 1.12 bits per heavy atom. The minimum absolute atomic E-state index is 0.00884. The molecule has 0 aromatic carbocycles. The molecule has 0 spiro atoms. The Balaban J connectivity index is 2.09. The summed E-state index contributed by atoms with van der Waals surface area (Å²) in [6.45, 7) is 11.3. The van der Waals surface area contributed by atoms with Crippen molar-refractivity contribution >= 4 is 17.7 Å². The first-order chi connectivity index (χ1) is 11.9. The van der Waals surface area contributed by atoms with Crippen LogP contribution in [-0.2, 0) is 19.1 Å². The minimum atomic E-state index is -0.338. The number of nitrogens with zero attached hydrogens (tertiary/aromatic N) is 1. The van der Waals surface area contributed by atoms with Gasteiger partial charge in [0.15, 0.2) is 0 Å². The highest BCUT2D eigenvalue weighted by Gasteiger charge is 2.23. The van der Waals surface area contributed by atoms with Crippen molar-refractivity contribution in [2.24, 2.45) is 11.8 Å². The first kappa shape index (κ1) is 20.9. The molecular weight excluding hydrogens is 322 g/mol. The second-order valence-corrected chi connectivity index (χ2v) is 6.18. The molecule has 0 aromatic rings. The molecule has 1 aliphatic heterocycles. The Kier molecular flexibility index (Phi) is 8.91. The summed E-state index contributed by atoms with van der Waals surface area (Å²) in [4.78, 5) is 36.7. The van der Waals surface area contributed by atoms with Gasteiger partial charge in [0.2, 0.25) is 11.8 Å². The van der Waals surface area contributed by atoms with E-state index in [2.05, 4.69) is 17.2 Å². The van der Waals surface area contributed by atoms with Gasteiger partial charge in [0, 0.05) is 37.3 Å². The molecule has 1 heterocycles. The van der Waals surface area contributed by atoms with Crippen LogP contribution in [0, 0.1) is 11.8 Å². The van der Waals surface area contributed by atoms with Crippen molar-refractivity contribution in [3.63, 3.8) is 0 Å². The molecule has 0 bridgehead atoms. The van der Waals surface area contributed by atoms with Crippen molar-refractivity contribution < 1.29 is 19.1 Å². The van der Waals surface area contributed by atoms with Crippen LogP contribution in [0.4, 0.5) is 0 Å². The van der Waals surface area contributed by atoms with Crippen LogP contribution in [0.1, 0.15) is 27.2 Å². The van der Waals surface area contributed by atoms with Crippen LogP contribution < -0.4 is 10.6 Å². The van der Waals surface area contributed by atoms with Crippen molar-refractivity contribution in [1.82, 2.24) is 15.5 Å². The molecule has 2 unspecified atom stereocenters. The molecule has 7 heteroatoms. The van der Waals surface area contributed by atoms with Crippen LogP contribution >= 0.6 is 0 Å². The number of amides is 3. The van der Waals surface area contributed by atoms with Crippen LogP contribution in [0.3, 0.4) is 0 Å². The lowest BCUT2D eigenvalue weighted by atomic mass is 10.1. The Morgan fingerprint density at radius 3 is 2.16 bits per heavy atom. The zero-order chi connectivity index (χ0) is 18.8. The van der Waals surface area contributed by atoms with Crippen molar-refractivity contribution in [2.45, 2.75) is 27.2 Å². The van der Waals surface area contributed by atoms with E-state index in [1.54, 1.807) is 13.0 Å². The molecular formula is C18H29N3O4. The van der Waals surface area contributed by atoms with Crippen LogP contribution in [0.2, 0.25) is 0 Å². The van der Waals surface area contributed by atoms with Gasteiger partial charge in [0.25, 0.3) is 5.91 Å². The zero-order valence-corrected chi connectivity index (χ0v) is 15.3. The number of ether oxygens (including phenoxy) is 1. The first-order valence-electron chi connectivity index (χ1n) is 8.68. The van der Waals surface area contributed by atoms with E-state index in [0.29, 0.717) is 38.5 Å². The number of nitrogens with one attached hydrogen (secondary N) is 2. The molecule has 0 aliphatic carbocycles. The van der Waals surface area contributed by atoms with E-state index in [-0.39, 0.29) is 29.6 Å². The van der Waals surface area contributed by atoms with E-state index >= 15 is 0 Å². The second-order valence-electron chi connectivity index (χ2n) is 6.18. The molecule has 1 rings (SSSR count). The molecule has 140 valence electrons. The monoisotopic (exact) mass is 351 g/mol. The van der Waals surface area contributed by atoms with Crippen molar-refractivity contribution in [2.75, 3.05) is 32.8 Å². The van der Waals surface area contributed by atoms with Gasteiger partial charge in [-0.2, -0.15) is 0 Å². The Hall–Kier alpha value is -2.15. The molecule has 2 N–H and O–H groups in total. The third-order valence-electron chi connectivity index (χ3n) is 4.09. The summed E-state index contributed by atoms with van der Waals surface area (Å²) in [6, 6.07) is 0. The average molecular weight is 351 g/mol. The van der Waals surface area contributed by atoms with E-state index in [9.17, 15) is 14.4 Å². The van der Waals surface area contributed by atoms with Gasteiger partial charge in [-0.05, 0) is 12.5 Å². The van der Waals surface area contributed by atoms with Crippen molar-refractivity contribution in [1.29, 1.82) is 0 Å². The molecule has 3 amide bonds. The summed E-state index contributed by atoms with van der Waals surface area (Å²) in [5.74, 6) is -0.584. The molecule has 0 aromatic heterocycles. The second kappa shape index (κ2) is 10.7. The molecule has 0 radical (unpaired) electrons. The van der Waals surface area contributed by atoms with E-state index < -0.39 is 0 Å². The number of rotatable bonds is 11. The van der Waals surface area contributed by atoms with Gasteiger partial charge in [0.05, 0.1) is 19.1 Å². The van der Waals surface area contributed by atoms with E-state index in [4.69, 9.17) is 4.74 Å². The van der Waals surface area contributed by atoms with Crippen LogP contribution in [0.15, 0.2) is 24.4 Å². The lowest BCUT2D eigenvalue weighted by Crippen LogP contribution is -2.39. The number of hydrogen-bond donors (Lipinski definition) is 2. The van der Waals surface area contributed by atoms with Crippen molar-refractivity contribution in [3.05, 3.63) is 24.4 Å². The maximum atomic E-state index is 12.0. The van der Waals surface area contributed by atoms with Gasteiger partial charge in [-0.15, -0.1) is 0 Å². The van der Waals surface area contributed by atoms with E-state index in [0.717, 1.165) is 6.42 Å². The van der Waals surface area contributed by atoms with Gasteiger partial charge < -0.3 is 20.3 Å². The smallest absolute Gasteiger partial charge is 0.251 e. The molecule has 7 nitrogen and oxygen atoms in total. The third-order valence-corrected chi connectivity index (χ3v) is 4.09. The Bertz CT molecular complexity index is 512. The standard InChI is InChI=1S/C18H29N3O4/c1-5-13(2)17(23)19-8-10-25-11-9-20-18(24)14(3)12-21-15(4)6-7-16(21)22/h6-7,13-14H,4-5,8-12H2,1-3H3,(H,19,23)(H,20,24). The van der Waals surface area contributed by atoms with Crippen LogP contribution in [0.5, 0.6) is 0 Å². The van der Waals surface area contributed by atoms with Gasteiger partial charge in [-0.1, -0.05) is 27.4 Å². The van der Waals surface area contributed by atoms with E-state index in [1.807, 2.05) is 13.8 Å². The number of hydrogen-bond acceptors (Lipinski definition) is 4. The van der Waals surface area contributed by atoms with Crippen LogP contribution in [0.25, 0.3) is 0 Å². The van der Waals surface area contributed by atoms with Gasteiger partial charge in [-0.3, -0.25) is 14.4 Å². The third kappa shape index (κ3) is 7.09. The van der Waals surface area contributed by atoms with E-state index in [1.165, 1.54) is 11.0 Å². The number of carbonyl (C=O) groups excluding carboxylic acids is 3. The SMILES string of the molecule is C=C1C=CC(=O)N1CC(C)C(=O)NCCOCCNC(=O)C(C)CC. The summed E-state index contributed by atoms with van der Waals surface area (Å²) < 4.78 is 5.38. The highest BCUT2D eigenvalue weighted by Crippen LogP contribution is 2.15. The molecule has 25 heavy (non-hydrogen) atoms. The van der Waals surface area contributed by atoms with Gasteiger partial charge in [-0.25, -0.2) is 0 Å². The maximum absolute atomic E-state index is 12.0. The number of allylic oxidation sites excluding steroid dienone is 1. The molecule has 0 saturated heterocycles.